The van der Waals surface area contributed by atoms with E-state index in [4.69, 9.17) is 16.7 Å². The minimum Gasteiger partial charge on any atom is -0.508 e. The van der Waals surface area contributed by atoms with Crippen LogP contribution in [0.3, 0.4) is 0 Å². The van der Waals surface area contributed by atoms with E-state index in [0.717, 1.165) is 5.56 Å². The Morgan fingerprint density at radius 2 is 1.76 bits per heavy atom. The van der Waals surface area contributed by atoms with Gasteiger partial charge in [0.2, 0.25) is 0 Å². The maximum atomic E-state index is 10.6. The molecule has 4 nitrogen and oxygen atoms in total. The van der Waals surface area contributed by atoms with Gasteiger partial charge in [-0.05, 0) is 23.8 Å². The smallest absolute Gasteiger partial charge is 0.270 e. The first-order chi connectivity index (χ1) is 8.08. The molecule has 0 heterocycles. The quantitative estimate of drug-likeness (QED) is 0.653. The molecular weight excluding hydrogens is 242 g/mol. The van der Waals surface area contributed by atoms with Gasteiger partial charge in [-0.3, -0.25) is 10.1 Å². The van der Waals surface area contributed by atoms with Gasteiger partial charge >= 0.3 is 0 Å². The number of hydrogen-bond acceptors (Lipinski definition) is 3. The molecule has 0 saturated carbocycles. The molecular formula is C12H8ClNO3. The SMILES string of the molecule is O=[N+]([O-])c1ccc(-c2ccc(O)cc2)c(Cl)c1. The van der Waals surface area contributed by atoms with E-state index < -0.39 is 4.92 Å². The van der Waals surface area contributed by atoms with E-state index in [9.17, 15) is 10.1 Å². The van der Waals surface area contributed by atoms with Crippen LogP contribution in [0.2, 0.25) is 5.02 Å². The third-order valence-corrected chi connectivity index (χ3v) is 2.65. The molecule has 86 valence electrons. The van der Waals surface area contributed by atoms with Crippen molar-refractivity contribution in [3.63, 3.8) is 0 Å². The lowest BCUT2D eigenvalue weighted by Gasteiger charge is -2.04. The highest BCUT2D eigenvalue weighted by Crippen LogP contribution is 2.31. The number of nitrogens with zero attached hydrogens (tertiary/aromatic N) is 1. The van der Waals surface area contributed by atoms with Crippen LogP contribution in [-0.4, -0.2) is 10.0 Å². The molecule has 0 aliphatic heterocycles. The van der Waals surface area contributed by atoms with Gasteiger partial charge in [-0.2, -0.15) is 0 Å². The molecule has 0 fully saturated rings. The van der Waals surface area contributed by atoms with Gasteiger partial charge in [0.05, 0.1) is 9.95 Å². The van der Waals surface area contributed by atoms with Crippen LogP contribution in [0.25, 0.3) is 11.1 Å². The molecule has 0 amide bonds. The van der Waals surface area contributed by atoms with Crippen LogP contribution in [0.4, 0.5) is 5.69 Å². The Hall–Kier alpha value is -2.07. The van der Waals surface area contributed by atoms with Gasteiger partial charge in [-0.15, -0.1) is 0 Å². The summed E-state index contributed by atoms with van der Waals surface area (Å²) in [5, 5.41) is 20.0. The number of rotatable bonds is 2. The monoisotopic (exact) mass is 249 g/mol. The minimum absolute atomic E-state index is 0.0440. The van der Waals surface area contributed by atoms with Crippen LogP contribution in [-0.2, 0) is 0 Å². The van der Waals surface area contributed by atoms with Crippen molar-refractivity contribution in [2.45, 2.75) is 0 Å². The predicted molar refractivity (Wildman–Crippen MR) is 65.2 cm³/mol. The fraction of sp³-hybridized carbons (Fsp3) is 0. The van der Waals surface area contributed by atoms with E-state index in [1.165, 1.54) is 24.3 Å². The Kier molecular flexibility index (Phi) is 2.97. The van der Waals surface area contributed by atoms with E-state index >= 15 is 0 Å². The third kappa shape index (κ3) is 2.37. The maximum absolute atomic E-state index is 10.6. The molecule has 1 N–H and O–H groups in total. The van der Waals surface area contributed by atoms with Crippen molar-refractivity contribution in [2.75, 3.05) is 0 Å². The largest absolute Gasteiger partial charge is 0.508 e. The summed E-state index contributed by atoms with van der Waals surface area (Å²) in [6, 6.07) is 10.8. The van der Waals surface area contributed by atoms with Gasteiger partial charge < -0.3 is 5.11 Å². The number of hydrogen-bond donors (Lipinski definition) is 1. The van der Waals surface area contributed by atoms with Crippen molar-refractivity contribution >= 4 is 17.3 Å². The van der Waals surface area contributed by atoms with Crippen LogP contribution in [0.1, 0.15) is 0 Å². The Bertz CT molecular complexity index is 566. The predicted octanol–water partition coefficient (Wildman–Crippen LogP) is 3.62. The molecule has 0 aliphatic rings. The molecule has 0 spiro atoms. The van der Waals surface area contributed by atoms with Crippen LogP contribution in [0.15, 0.2) is 42.5 Å². The molecule has 17 heavy (non-hydrogen) atoms. The van der Waals surface area contributed by atoms with Crippen LogP contribution < -0.4 is 0 Å². The molecule has 2 aromatic carbocycles. The summed E-state index contributed by atoms with van der Waals surface area (Å²) in [5.41, 5.74) is 1.44. The number of nitro benzene ring substituents is 1. The van der Waals surface area contributed by atoms with Gasteiger partial charge in [0, 0.05) is 17.7 Å². The Morgan fingerprint density at radius 3 is 2.29 bits per heavy atom. The Balaban J connectivity index is 2.46. The van der Waals surface area contributed by atoms with Crippen molar-refractivity contribution in [1.29, 1.82) is 0 Å². The lowest BCUT2D eigenvalue weighted by molar-refractivity contribution is -0.384. The molecule has 0 aromatic heterocycles. The second kappa shape index (κ2) is 4.43. The molecule has 0 unspecified atom stereocenters. The summed E-state index contributed by atoms with van der Waals surface area (Å²) < 4.78 is 0. The van der Waals surface area contributed by atoms with Gasteiger partial charge in [-0.1, -0.05) is 23.7 Å². The molecule has 0 saturated heterocycles. The van der Waals surface area contributed by atoms with Crippen LogP contribution >= 0.6 is 11.6 Å². The lowest BCUT2D eigenvalue weighted by Crippen LogP contribution is -1.88. The van der Waals surface area contributed by atoms with Gasteiger partial charge in [-0.25, -0.2) is 0 Å². The summed E-state index contributed by atoms with van der Waals surface area (Å²) in [6.07, 6.45) is 0. The Labute approximate surface area is 102 Å². The molecule has 2 rings (SSSR count). The molecule has 5 heteroatoms. The van der Waals surface area contributed by atoms with Crippen molar-refractivity contribution in [1.82, 2.24) is 0 Å². The average Bonchev–Trinajstić information content (AvgIpc) is 2.30. The third-order valence-electron chi connectivity index (χ3n) is 2.34. The van der Waals surface area contributed by atoms with Crippen molar-refractivity contribution in [3.05, 3.63) is 57.6 Å². The van der Waals surface area contributed by atoms with Gasteiger partial charge in [0.25, 0.3) is 5.69 Å². The second-order valence-corrected chi connectivity index (χ2v) is 3.88. The molecule has 0 aliphatic carbocycles. The molecule has 0 bridgehead atoms. The topological polar surface area (TPSA) is 63.4 Å². The number of benzene rings is 2. The fourth-order valence-corrected chi connectivity index (χ4v) is 1.78. The lowest BCUT2D eigenvalue weighted by atomic mass is 10.1. The summed E-state index contributed by atoms with van der Waals surface area (Å²) in [7, 11) is 0. The van der Waals surface area contributed by atoms with E-state index in [-0.39, 0.29) is 11.4 Å². The average molecular weight is 250 g/mol. The number of phenolic OH excluding ortho intramolecular Hbond substituents is 1. The summed E-state index contributed by atoms with van der Waals surface area (Å²) in [4.78, 5) is 10.1. The molecule has 0 atom stereocenters. The van der Waals surface area contributed by atoms with E-state index in [2.05, 4.69) is 0 Å². The zero-order chi connectivity index (χ0) is 12.4. The van der Waals surface area contributed by atoms with Crippen molar-refractivity contribution in [2.24, 2.45) is 0 Å². The molecule has 0 radical (unpaired) electrons. The van der Waals surface area contributed by atoms with Gasteiger partial charge in [0.15, 0.2) is 0 Å². The second-order valence-electron chi connectivity index (χ2n) is 3.47. The molecule has 2 aromatic rings. The first-order valence-electron chi connectivity index (χ1n) is 4.81. The van der Waals surface area contributed by atoms with E-state index in [1.807, 2.05) is 0 Å². The maximum Gasteiger partial charge on any atom is 0.270 e. The first-order valence-corrected chi connectivity index (χ1v) is 5.19. The summed E-state index contributed by atoms with van der Waals surface area (Å²) >= 11 is 5.98. The zero-order valence-electron chi connectivity index (χ0n) is 8.63. The number of aromatic hydroxyl groups is 1. The summed E-state index contributed by atoms with van der Waals surface area (Å²) in [6.45, 7) is 0. The Morgan fingerprint density at radius 1 is 1.12 bits per heavy atom. The fourth-order valence-electron chi connectivity index (χ4n) is 1.49. The summed E-state index contributed by atoms with van der Waals surface area (Å²) in [5.74, 6) is 0.159. The normalized spacial score (nSPS) is 10.2. The minimum atomic E-state index is -0.494. The van der Waals surface area contributed by atoms with Crippen LogP contribution in [0, 0.1) is 10.1 Å². The number of phenols is 1. The van der Waals surface area contributed by atoms with Crippen LogP contribution in [0.5, 0.6) is 5.75 Å². The van der Waals surface area contributed by atoms with E-state index in [0.29, 0.717) is 10.6 Å². The highest BCUT2D eigenvalue weighted by atomic mass is 35.5. The standard InChI is InChI=1S/C12H8ClNO3/c13-12-7-9(14(16)17)3-6-11(12)8-1-4-10(15)5-2-8/h1-7,15H. The first kappa shape index (κ1) is 11.4. The number of nitro groups is 1. The number of halogens is 1. The van der Waals surface area contributed by atoms with Crippen molar-refractivity contribution in [3.8, 4) is 16.9 Å². The number of non-ortho nitro benzene ring substituents is 1. The highest BCUT2D eigenvalue weighted by molar-refractivity contribution is 6.33. The van der Waals surface area contributed by atoms with Crippen molar-refractivity contribution < 1.29 is 10.0 Å². The zero-order valence-corrected chi connectivity index (χ0v) is 9.39. The van der Waals surface area contributed by atoms with Gasteiger partial charge in [0.1, 0.15) is 5.75 Å². The highest BCUT2D eigenvalue weighted by Gasteiger charge is 2.10. The van der Waals surface area contributed by atoms with E-state index in [1.54, 1.807) is 18.2 Å².